The van der Waals surface area contributed by atoms with E-state index < -0.39 is 0 Å². The first-order chi connectivity index (χ1) is 11.3. The first kappa shape index (κ1) is 17.0. The molecule has 23 heavy (non-hydrogen) atoms. The van der Waals surface area contributed by atoms with Crippen LogP contribution in [0.15, 0.2) is 17.5 Å². The lowest BCUT2D eigenvalue weighted by molar-refractivity contribution is -0.121. The second-order valence-electron chi connectivity index (χ2n) is 7.29. The van der Waals surface area contributed by atoms with Crippen molar-refractivity contribution in [2.24, 2.45) is 11.8 Å². The Hall–Kier alpha value is -0.870. The Morgan fingerprint density at radius 1 is 1.17 bits per heavy atom. The van der Waals surface area contributed by atoms with Gasteiger partial charge in [0, 0.05) is 24.4 Å². The van der Waals surface area contributed by atoms with Crippen molar-refractivity contribution >= 4 is 17.2 Å². The van der Waals surface area contributed by atoms with Crippen LogP contribution in [-0.2, 0) is 11.3 Å². The number of nitrogens with one attached hydrogen (secondary N) is 1. The van der Waals surface area contributed by atoms with Gasteiger partial charge in [0.1, 0.15) is 0 Å². The van der Waals surface area contributed by atoms with Crippen molar-refractivity contribution in [1.29, 1.82) is 0 Å². The van der Waals surface area contributed by atoms with E-state index in [9.17, 15) is 4.79 Å². The normalized spacial score (nSPS) is 20.9. The molecule has 0 radical (unpaired) electrons. The Morgan fingerprint density at radius 3 is 2.65 bits per heavy atom. The lowest BCUT2D eigenvalue weighted by Crippen LogP contribution is -2.38. The maximum absolute atomic E-state index is 12.0. The molecule has 0 aromatic carbocycles. The van der Waals surface area contributed by atoms with Gasteiger partial charge in [-0.2, -0.15) is 0 Å². The molecule has 1 aromatic heterocycles. The minimum Gasteiger partial charge on any atom is -0.356 e. The standard InChI is InChI=1S/C19H30N2OS/c22-19(8-7-16-4-1-2-5-16)20-14-17-9-11-21(12-10-17)15-18-6-3-13-23-18/h3,6,13,16-17H,1-2,4-5,7-12,14-15H2,(H,20,22). The summed E-state index contributed by atoms with van der Waals surface area (Å²) in [5.74, 6) is 1.77. The van der Waals surface area contributed by atoms with E-state index in [4.69, 9.17) is 0 Å². The number of carbonyl (C=O) groups is 1. The molecule has 1 N–H and O–H groups in total. The van der Waals surface area contributed by atoms with Gasteiger partial charge in [-0.1, -0.05) is 31.7 Å². The van der Waals surface area contributed by atoms with E-state index >= 15 is 0 Å². The summed E-state index contributed by atoms with van der Waals surface area (Å²) in [5.41, 5.74) is 0. The maximum atomic E-state index is 12.0. The Kier molecular flexibility index (Phi) is 6.52. The van der Waals surface area contributed by atoms with Gasteiger partial charge in [0.2, 0.25) is 5.91 Å². The molecule has 1 amide bonds. The summed E-state index contributed by atoms with van der Waals surface area (Å²) >= 11 is 1.85. The molecule has 3 nitrogen and oxygen atoms in total. The summed E-state index contributed by atoms with van der Waals surface area (Å²) in [6.45, 7) is 4.31. The molecule has 0 atom stereocenters. The quantitative estimate of drug-likeness (QED) is 0.816. The van der Waals surface area contributed by atoms with Gasteiger partial charge in [-0.05, 0) is 55.6 Å². The van der Waals surface area contributed by atoms with Gasteiger partial charge in [-0.25, -0.2) is 0 Å². The summed E-state index contributed by atoms with van der Waals surface area (Å²) in [6.07, 6.45) is 9.70. The van der Waals surface area contributed by atoms with Crippen LogP contribution in [0.25, 0.3) is 0 Å². The number of nitrogens with zero attached hydrogens (tertiary/aromatic N) is 1. The highest BCUT2D eigenvalue weighted by atomic mass is 32.1. The second kappa shape index (κ2) is 8.84. The lowest BCUT2D eigenvalue weighted by Gasteiger charge is -2.31. The maximum Gasteiger partial charge on any atom is 0.220 e. The van der Waals surface area contributed by atoms with E-state index in [1.165, 1.54) is 56.5 Å². The van der Waals surface area contributed by atoms with Gasteiger partial charge in [0.05, 0.1) is 0 Å². The molecule has 0 unspecified atom stereocenters. The predicted molar refractivity (Wildman–Crippen MR) is 96.5 cm³/mol. The molecule has 1 aliphatic carbocycles. The number of piperidine rings is 1. The van der Waals surface area contributed by atoms with Crippen LogP contribution in [0, 0.1) is 11.8 Å². The van der Waals surface area contributed by atoms with Crippen molar-refractivity contribution in [3.05, 3.63) is 22.4 Å². The Morgan fingerprint density at radius 2 is 1.96 bits per heavy atom. The third-order valence-corrected chi connectivity index (χ3v) is 6.37. The number of rotatable bonds is 7. The zero-order valence-electron chi connectivity index (χ0n) is 14.1. The first-order valence-corrected chi connectivity index (χ1v) is 10.2. The van der Waals surface area contributed by atoms with Crippen molar-refractivity contribution in [2.75, 3.05) is 19.6 Å². The Bertz CT molecular complexity index is 460. The van der Waals surface area contributed by atoms with Gasteiger partial charge in [0.15, 0.2) is 0 Å². The zero-order valence-corrected chi connectivity index (χ0v) is 15.0. The fraction of sp³-hybridized carbons (Fsp3) is 0.737. The van der Waals surface area contributed by atoms with Crippen LogP contribution >= 0.6 is 11.3 Å². The second-order valence-corrected chi connectivity index (χ2v) is 8.32. The van der Waals surface area contributed by atoms with Crippen LogP contribution in [0.1, 0.15) is 56.2 Å². The summed E-state index contributed by atoms with van der Waals surface area (Å²) in [7, 11) is 0. The summed E-state index contributed by atoms with van der Waals surface area (Å²) in [5, 5.41) is 5.34. The smallest absolute Gasteiger partial charge is 0.220 e. The van der Waals surface area contributed by atoms with Crippen molar-refractivity contribution in [3.8, 4) is 0 Å². The molecule has 1 saturated carbocycles. The van der Waals surface area contributed by atoms with Crippen LogP contribution in [0.5, 0.6) is 0 Å². The first-order valence-electron chi connectivity index (χ1n) is 9.31. The van der Waals surface area contributed by atoms with E-state index in [0.717, 1.165) is 31.8 Å². The minimum atomic E-state index is 0.276. The topological polar surface area (TPSA) is 32.3 Å². The molecule has 4 heteroatoms. The highest BCUT2D eigenvalue weighted by molar-refractivity contribution is 7.09. The highest BCUT2D eigenvalue weighted by Crippen LogP contribution is 2.28. The molecule has 128 valence electrons. The molecule has 1 aliphatic heterocycles. The number of thiophene rings is 1. The molecule has 2 heterocycles. The van der Waals surface area contributed by atoms with Crippen LogP contribution in [-0.4, -0.2) is 30.4 Å². The molecular formula is C19H30N2OS. The van der Waals surface area contributed by atoms with Crippen LogP contribution in [0.2, 0.25) is 0 Å². The number of carbonyl (C=O) groups excluding carboxylic acids is 1. The number of hydrogen-bond donors (Lipinski definition) is 1. The van der Waals surface area contributed by atoms with E-state index in [1.807, 2.05) is 11.3 Å². The van der Waals surface area contributed by atoms with Crippen molar-refractivity contribution in [1.82, 2.24) is 10.2 Å². The van der Waals surface area contributed by atoms with Gasteiger partial charge < -0.3 is 5.32 Å². The average Bonchev–Trinajstić information content (AvgIpc) is 3.26. The number of hydrogen-bond acceptors (Lipinski definition) is 3. The average molecular weight is 335 g/mol. The van der Waals surface area contributed by atoms with Crippen molar-refractivity contribution in [2.45, 2.75) is 57.9 Å². The molecule has 1 aromatic rings. The summed E-state index contributed by atoms with van der Waals surface area (Å²) in [6, 6.07) is 4.36. The molecule has 2 fully saturated rings. The van der Waals surface area contributed by atoms with Gasteiger partial charge >= 0.3 is 0 Å². The van der Waals surface area contributed by atoms with E-state index in [0.29, 0.717) is 5.92 Å². The molecule has 0 bridgehead atoms. The number of amides is 1. The minimum absolute atomic E-state index is 0.276. The van der Waals surface area contributed by atoms with E-state index in [1.54, 1.807) is 0 Å². The largest absolute Gasteiger partial charge is 0.356 e. The van der Waals surface area contributed by atoms with E-state index in [2.05, 4.69) is 27.7 Å². The molecule has 2 aliphatic rings. The zero-order chi connectivity index (χ0) is 15.9. The Balaban J connectivity index is 1.27. The van der Waals surface area contributed by atoms with E-state index in [-0.39, 0.29) is 5.91 Å². The third kappa shape index (κ3) is 5.61. The number of likely N-dealkylation sites (tertiary alicyclic amines) is 1. The molecule has 1 saturated heterocycles. The van der Waals surface area contributed by atoms with Gasteiger partial charge in [0.25, 0.3) is 0 Å². The summed E-state index contributed by atoms with van der Waals surface area (Å²) < 4.78 is 0. The monoisotopic (exact) mass is 334 g/mol. The van der Waals surface area contributed by atoms with Gasteiger partial charge in [-0.15, -0.1) is 11.3 Å². The van der Waals surface area contributed by atoms with Crippen molar-refractivity contribution < 1.29 is 4.79 Å². The van der Waals surface area contributed by atoms with Crippen LogP contribution in [0.3, 0.4) is 0 Å². The fourth-order valence-corrected chi connectivity index (χ4v) is 4.70. The molecule has 3 rings (SSSR count). The van der Waals surface area contributed by atoms with Crippen LogP contribution < -0.4 is 5.32 Å². The fourth-order valence-electron chi connectivity index (χ4n) is 3.95. The van der Waals surface area contributed by atoms with Crippen molar-refractivity contribution in [3.63, 3.8) is 0 Å². The third-order valence-electron chi connectivity index (χ3n) is 5.51. The molecular weight excluding hydrogens is 304 g/mol. The lowest BCUT2D eigenvalue weighted by atomic mass is 9.96. The summed E-state index contributed by atoms with van der Waals surface area (Å²) in [4.78, 5) is 16.0. The Labute approximate surface area is 144 Å². The highest BCUT2D eigenvalue weighted by Gasteiger charge is 2.20. The molecule has 0 spiro atoms. The predicted octanol–water partition coefficient (Wildman–Crippen LogP) is 4.05. The SMILES string of the molecule is O=C(CCC1CCCC1)NCC1CCN(Cc2cccs2)CC1. The van der Waals surface area contributed by atoms with Gasteiger partial charge in [-0.3, -0.25) is 9.69 Å². The van der Waals surface area contributed by atoms with Crippen LogP contribution in [0.4, 0.5) is 0 Å².